The molecule has 1 saturated carbocycles. The van der Waals surface area contributed by atoms with Gasteiger partial charge in [0.2, 0.25) is 0 Å². The number of nitrogens with zero attached hydrogens (tertiary/aromatic N) is 2. The predicted octanol–water partition coefficient (Wildman–Crippen LogP) is 4.65. The Hall–Kier alpha value is -2.01. The van der Waals surface area contributed by atoms with Gasteiger partial charge in [0.1, 0.15) is 5.75 Å². The molecule has 11 heteroatoms. The summed E-state index contributed by atoms with van der Waals surface area (Å²) in [6.07, 6.45) is 2.79. The molecule has 1 amide bonds. The van der Waals surface area contributed by atoms with Crippen LogP contribution >= 0.6 is 0 Å². The van der Waals surface area contributed by atoms with Crippen molar-refractivity contribution in [2.75, 3.05) is 19.6 Å². The summed E-state index contributed by atoms with van der Waals surface area (Å²) in [6, 6.07) is 6.03. The van der Waals surface area contributed by atoms with Gasteiger partial charge >= 0.3 is 21.7 Å². The predicted molar refractivity (Wildman–Crippen MR) is 117 cm³/mol. The summed E-state index contributed by atoms with van der Waals surface area (Å²) in [5, 5.41) is 9.56. The van der Waals surface area contributed by atoms with E-state index >= 15 is 0 Å². The molecule has 1 atom stereocenters. The lowest BCUT2D eigenvalue weighted by Crippen LogP contribution is -2.61. The second-order valence-electron chi connectivity index (χ2n) is 9.91. The number of rotatable bonds is 4. The van der Waals surface area contributed by atoms with E-state index in [2.05, 4.69) is 29.9 Å². The normalized spacial score (nSPS) is 25.6. The quantitative estimate of drug-likeness (QED) is 0.486. The third kappa shape index (κ3) is 5.92. The zero-order valence-electron chi connectivity index (χ0n) is 19.0. The Balaban J connectivity index is 1.58. The number of halogens is 3. The standard InChI is InChI=1S/C22H31F3N2O5S/c1-21(2,3)19-14-26(12-13-27(19)20(28)29)17-8-4-15(5-9-17)16-6-10-18(11-7-16)32-33(30,31)22(23,24)25/h6-7,10-11,15,17,19H,4-5,8-9,12-14H2,1-3H3,(H,28,29)/t15-,17-,19?. The lowest BCUT2D eigenvalue weighted by Gasteiger charge is -2.49. The molecule has 186 valence electrons. The number of hydrogen-bond donors (Lipinski definition) is 1. The Morgan fingerprint density at radius 2 is 1.61 bits per heavy atom. The Labute approximate surface area is 192 Å². The van der Waals surface area contributed by atoms with Crippen LogP contribution in [-0.2, 0) is 10.1 Å². The maximum Gasteiger partial charge on any atom is 0.534 e. The number of hydrogen-bond acceptors (Lipinski definition) is 5. The smallest absolute Gasteiger partial charge is 0.465 e. The van der Waals surface area contributed by atoms with Crippen LogP contribution in [0.25, 0.3) is 0 Å². The first-order chi connectivity index (χ1) is 15.2. The van der Waals surface area contributed by atoms with Crippen molar-refractivity contribution in [3.63, 3.8) is 0 Å². The summed E-state index contributed by atoms with van der Waals surface area (Å²) in [6.45, 7) is 8.06. The number of benzene rings is 1. The highest BCUT2D eigenvalue weighted by molar-refractivity contribution is 7.88. The van der Waals surface area contributed by atoms with Crippen LogP contribution in [0.3, 0.4) is 0 Å². The fourth-order valence-electron chi connectivity index (χ4n) is 4.85. The Morgan fingerprint density at radius 3 is 2.09 bits per heavy atom. The van der Waals surface area contributed by atoms with Crippen molar-refractivity contribution in [1.29, 1.82) is 0 Å². The van der Waals surface area contributed by atoms with E-state index in [-0.39, 0.29) is 23.1 Å². The van der Waals surface area contributed by atoms with Crippen molar-refractivity contribution in [1.82, 2.24) is 9.80 Å². The third-order valence-corrected chi connectivity index (χ3v) is 7.69. The molecule has 33 heavy (non-hydrogen) atoms. The molecule has 7 nitrogen and oxygen atoms in total. The minimum Gasteiger partial charge on any atom is -0.465 e. The van der Waals surface area contributed by atoms with Gasteiger partial charge < -0.3 is 14.2 Å². The summed E-state index contributed by atoms with van der Waals surface area (Å²) in [5.41, 5.74) is -4.70. The van der Waals surface area contributed by atoms with Gasteiger partial charge in [0.05, 0.1) is 6.04 Å². The summed E-state index contributed by atoms with van der Waals surface area (Å²) < 4.78 is 63.9. The molecule has 3 rings (SSSR count). The van der Waals surface area contributed by atoms with Crippen LogP contribution < -0.4 is 4.18 Å². The van der Waals surface area contributed by atoms with Crippen LogP contribution in [0.4, 0.5) is 18.0 Å². The fourth-order valence-corrected chi connectivity index (χ4v) is 5.31. The van der Waals surface area contributed by atoms with Crippen molar-refractivity contribution in [2.24, 2.45) is 5.41 Å². The average Bonchev–Trinajstić information content (AvgIpc) is 2.72. The molecule has 2 aliphatic rings. The SMILES string of the molecule is CC(C)(C)C1CN([C@H]2CC[C@H](c3ccc(OS(=O)(=O)C(F)(F)F)cc3)CC2)CCN1C(=O)O. The van der Waals surface area contributed by atoms with Crippen molar-refractivity contribution in [2.45, 2.75) is 70.0 Å². The third-order valence-electron chi connectivity index (χ3n) is 6.71. The molecule has 1 unspecified atom stereocenters. The largest absolute Gasteiger partial charge is 0.534 e. The average molecular weight is 493 g/mol. The molecule has 0 radical (unpaired) electrons. The lowest BCUT2D eigenvalue weighted by atomic mass is 9.79. The van der Waals surface area contributed by atoms with Crippen molar-refractivity contribution in [3.05, 3.63) is 29.8 Å². The molecule has 1 N–H and O–H groups in total. The van der Waals surface area contributed by atoms with E-state index < -0.39 is 21.7 Å². The van der Waals surface area contributed by atoms with Crippen molar-refractivity contribution in [3.8, 4) is 5.75 Å². The van der Waals surface area contributed by atoms with Crippen molar-refractivity contribution >= 4 is 16.2 Å². The van der Waals surface area contributed by atoms with E-state index in [0.29, 0.717) is 25.7 Å². The molecule has 1 aliphatic carbocycles. The van der Waals surface area contributed by atoms with Crippen LogP contribution in [0.1, 0.15) is 57.9 Å². The van der Waals surface area contributed by atoms with Crippen LogP contribution in [0.2, 0.25) is 0 Å². The number of amides is 1. The molecule has 1 aliphatic heterocycles. The maximum absolute atomic E-state index is 12.5. The molecule has 0 aromatic heterocycles. The molecule has 1 heterocycles. The Kier molecular flexibility index (Phi) is 7.24. The molecule has 1 saturated heterocycles. The highest BCUT2D eigenvalue weighted by Gasteiger charge is 2.48. The zero-order chi connectivity index (χ0) is 24.6. The summed E-state index contributed by atoms with van der Waals surface area (Å²) in [5.74, 6) is -0.137. The Morgan fingerprint density at radius 1 is 1.03 bits per heavy atom. The summed E-state index contributed by atoms with van der Waals surface area (Å²) in [7, 11) is -5.68. The zero-order valence-corrected chi connectivity index (χ0v) is 19.8. The van der Waals surface area contributed by atoms with Gasteiger partial charge in [0, 0.05) is 25.7 Å². The van der Waals surface area contributed by atoms with E-state index in [9.17, 15) is 31.5 Å². The van der Waals surface area contributed by atoms with Crippen LogP contribution in [-0.4, -0.2) is 66.6 Å². The summed E-state index contributed by atoms with van der Waals surface area (Å²) >= 11 is 0. The number of alkyl halides is 3. The van der Waals surface area contributed by atoms with Gasteiger partial charge in [-0.05, 0) is 54.7 Å². The van der Waals surface area contributed by atoms with Gasteiger partial charge in [-0.15, -0.1) is 0 Å². The van der Waals surface area contributed by atoms with Crippen molar-refractivity contribution < 1.29 is 35.7 Å². The minimum atomic E-state index is -5.68. The van der Waals surface area contributed by atoms with Gasteiger partial charge in [-0.25, -0.2) is 4.79 Å². The molecule has 2 fully saturated rings. The summed E-state index contributed by atoms with van der Waals surface area (Å²) in [4.78, 5) is 15.6. The van der Waals surface area contributed by atoms with E-state index in [0.717, 1.165) is 31.2 Å². The number of carbonyl (C=O) groups is 1. The number of carboxylic acid groups (broad SMARTS) is 1. The molecule has 1 aromatic carbocycles. The first-order valence-corrected chi connectivity index (χ1v) is 12.4. The molecule has 1 aromatic rings. The van der Waals surface area contributed by atoms with E-state index in [1.54, 1.807) is 17.0 Å². The van der Waals surface area contributed by atoms with Gasteiger partial charge in [-0.2, -0.15) is 21.6 Å². The fraction of sp³-hybridized carbons (Fsp3) is 0.682. The lowest BCUT2D eigenvalue weighted by molar-refractivity contribution is -0.0500. The minimum absolute atomic E-state index is 0.0815. The second kappa shape index (κ2) is 9.32. The molecular formula is C22H31F3N2O5S. The monoisotopic (exact) mass is 492 g/mol. The van der Waals surface area contributed by atoms with Gasteiger partial charge in [-0.1, -0.05) is 32.9 Å². The van der Waals surface area contributed by atoms with Crippen LogP contribution in [0, 0.1) is 5.41 Å². The number of piperazine rings is 1. The molecule has 0 bridgehead atoms. The van der Waals surface area contributed by atoms with Gasteiger partial charge in [-0.3, -0.25) is 4.90 Å². The molecular weight excluding hydrogens is 461 g/mol. The topological polar surface area (TPSA) is 87.2 Å². The van der Waals surface area contributed by atoms with E-state index in [1.165, 1.54) is 12.1 Å². The van der Waals surface area contributed by atoms with Gasteiger partial charge in [0.25, 0.3) is 0 Å². The molecule has 0 spiro atoms. The van der Waals surface area contributed by atoms with E-state index in [1.807, 2.05) is 0 Å². The van der Waals surface area contributed by atoms with E-state index in [4.69, 9.17) is 0 Å². The van der Waals surface area contributed by atoms with Gasteiger partial charge in [0.15, 0.2) is 0 Å². The van der Waals surface area contributed by atoms with Crippen LogP contribution in [0.15, 0.2) is 24.3 Å². The van der Waals surface area contributed by atoms with Crippen LogP contribution in [0.5, 0.6) is 5.75 Å². The first kappa shape index (κ1) is 25.6. The highest BCUT2D eigenvalue weighted by Crippen LogP contribution is 2.37. The first-order valence-electron chi connectivity index (χ1n) is 11.0. The maximum atomic E-state index is 12.5. The highest BCUT2D eigenvalue weighted by atomic mass is 32.2. The Bertz CT molecular complexity index is 936. The second-order valence-corrected chi connectivity index (χ2v) is 11.4.